The molecule has 1 N–H and O–H groups in total. The van der Waals surface area contributed by atoms with Crippen molar-refractivity contribution in [2.45, 2.75) is 63.6 Å². The lowest BCUT2D eigenvalue weighted by molar-refractivity contribution is -0.113. The molecular weight excluding hydrogens is 462 g/mol. The van der Waals surface area contributed by atoms with E-state index >= 15 is 0 Å². The predicted octanol–water partition coefficient (Wildman–Crippen LogP) is 6.32. The molecule has 0 unspecified atom stereocenters. The second-order valence-electron chi connectivity index (χ2n) is 8.07. The van der Waals surface area contributed by atoms with Gasteiger partial charge in [0, 0.05) is 28.9 Å². The molecule has 0 radical (unpaired) electrons. The Hall–Kier alpha value is -1.90. The van der Waals surface area contributed by atoms with Gasteiger partial charge in [-0.25, -0.2) is 4.98 Å². The number of thioether (sulfide) groups is 1. The molecule has 6 nitrogen and oxygen atoms in total. The molecule has 2 aromatic heterocycles. The highest BCUT2D eigenvalue weighted by Gasteiger charge is 2.17. The van der Waals surface area contributed by atoms with Crippen molar-refractivity contribution < 1.29 is 4.79 Å². The van der Waals surface area contributed by atoms with Gasteiger partial charge in [0.05, 0.1) is 11.4 Å². The summed E-state index contributed by atoms with van der Waals surface area (Å²) >= 11 is 8.78. The van der Waals surface area contributed by atoms with Crippen LogP contribution in [0.15, 0.2) is 34.8 Å². The van der Waals surface area contributed by atoms with Gasteiger partial charge in [-0.2, -0.15) is 0 Å². The number of halogens is 1. The van der Waals surface area contributed by atoms with Crippen molar-refractivity contribution in [2.75, 3.05) is 11.1 Å². The van der Waals surface area contributed by atoms with Gasteiger partial charge < -0.3 is 9.88 Å². The van der Waals surface area contributed by atoms with Gasteiger partial charge in [-0.05, 0) is 31.4 Å². The van der Waals surface area contributed by atoms with Gasteiger partial charge in [-0.1, -0.05) is 67.6 Å². The smallest absolute Gasteiger partial charge is 0.236 e. The zero-order valence-electron chi connectivity index (χ0n) is 18.2. The molecule has 0 atom stereocenters. The van der Waals surface area contributed by atoms with Crippen LogP contribution in [0.4, 0.5) is 5.13 Å². The third kappa shape index (κ3) is 6.11. The molecule has 1 aliphatic rings. The zero-order chi connectivity index (χ0) is 22.3. The molecule has 9 heteroatoms. The Kier molecular flexibility index (Phi) is 8.21. The molecule has 3 aromatic rings. The Bertz CT molecular complexity index is 1030. The third-order valence-electron chi connectivity index (χ3n) is 5.83. The zero-order valence-corrected chi connectivity index (χ0v) is 20.6. The normalized spacial score (nSPS) is 14.6. The van der Waals surface area contributed by atoms with Gasteiger partial charge in [0.1, 0.15) is 5.82 Å². The van der Waals surface area contributed by atoms with E-state index < -0.39 is 0 Å². The van der Waals surface area contributed by atoms with Gasteiger partial charge in [-0.3, -0.25) is 4.79 Å². The Labute approximate surface area is 202 Å². The average Bonchev–Trinajstić information content (AvgIpc) is 3.44. The topological polar surface area (TPSA) is 72.7 Å². The van der Waals surface area contributed by atoms with E-state index in [0.29, 0.717) is 10.2 Å². The molecular formula is C23H28ClN5OS2. The van der Waals surface area contributed by atoms with E-state index in [1.807, 2.05) is 29.6 Å². The summed E-state index contributed by atoms with van der Waals surface area (Å²) in [5.41, 5.74) is 1.79. The van der Waals surface area contributed by atoms with Crippen LogP contribution in [0.3, 0.4) is 0 Å². The average molecular weight is 490 g/mol. The quantitative estimate of drug-likeness (QED) is 0.356. The summed E-state index contributed by atoms with van der Waals surface area (Å²) in [5, 5.41) is 15.7. The van der Waals surface area contributed by atoms with Crippen molar-refractivity contribution in [3.8, 4) is 11.3 Å². The number of anilines is 1. The molecule has 1 saturated carbocycles. The number of carbonyl (C=O) groups excluding carboxylic acids is 1. The van der Waals surface area contributed by atoms with Gasteiger partial charge in [0.15, 0.2) is 10.3 Å². The van der Waals surface area contributed by atoms with Crippen molar-refractivity contribution in [2.24, 2.45) is 5.92 Å². The molecule has 1 aliphatic carbocycles. The van der Waals surface area contributed by atoms with Crippen LogP contribution in [0.1, 0.15) is 51.3 Å². The first kappa shape index (κ1) is 23.3. The van der Waals surface area contributed by atoms with Crippen LogP contribution in [-0.4, -0.2) is 31.4 Å². The summed E-state index contributed by atoms with van der Waals surface area (Å²) in [6.45, 7) is 2.92. The highest BCUT2D eigenvalue weighted by molar-refractivity contribution is 7.99. The number of rotatable bonds is 9. The number of aromatic nitrogens is 4. The molecule has 4 rings (SSSR count). The summed E-state index contributed by atoms with van der Waals surface area (Å²) in [7, 11) is 0. The maximum Gasteiger partial charge on any atom is 0.236 e. The maximum atomic E-state index is 12.5. The lowest BCUT2D eigenvalue weighted by Gasteiger charge is -2.21. The minimum Gasteiger partial charge on any atom is -0.306 e. The van der Waals surface area contributed by atoms with Gasteiger partial charge in [0.2, 0.25) is 5.91 Å². The van der Waals surface area contributed by atoms with Crippen LogP contribution in [0.2, 0.25) is 5.02 Å². The SMILES string of the molecule is CCn1c(CCC2CCCCC2)nnc1SCC(=O)Nc1nc(-c2ccc(Cl)cc2)cs1. The van der Waals surface area contributed by atoms with Crippen LogP contribution in [0.25, 0.3) is 11.3 Å². The molecule has 1 amide bonds. The van der Waals surface area contributed by atoms with E-state index in [4.69, 9.17) is 11.6 Å². The molecule has 2 heterocycles. The lowest BCUT2D eigenvalue weighted by Crippen LogP contribution is -2.14. The fourth-order valence-corrected chi connectivity index (χ4v) is 5.79. The summed E-state index contributed by atoms with van der Waals surface area (Å²) in [5.74, 6) is 2.04. The summed E-state index contributed by atoms with van der Waals surface area (Å²) in [6, 6.07) is 7.50. The number of hydrogen-bond donors (Lipinski definition) is 1. The van der Waals surface area contributed by atoms with Crippen molar-refractivity contribution in [1.82, 2.24) is 19.7 Å². The number of nitrogens with one attached hydrogen (secondary N) is 1. The largest absolute Gasteiger partial charge is 0.306 e. The monoisotopic (exact) mass is 489 g/mol. The van der Waals surface area contributed by atoms with Crippen molar-refractivity contribution >= 4 is 45.7 Å². The first-order chi connectivity index (χ1) is 15.6. The molecule has 0 spiro atoms. The third-order valence-corrected chi connectivity index (χ3v) is 7.81. The molecule has 1 aromatic carbocycles. The van der Waals surface area contributed by atoms with E-state index in [9.17, 15) is 4.79 Å². The number of benzene rings is 1. The van der Waals surface area contributed by atoms with Crippen molar-refractivity contribution in [3.63, 3.8) is 0 Å². The second-order valence-corrected chi connectivity index (χ2v) is 10.3. The van der Waals surface area contributed by atoms with Crippen LogP contribution < -0.4 is 5.32 Å². The minimum absolute atomic E-state index is 0.0959. The Morgan fingerprint density at radius 3 is 2.75 bits per heavy atom. The number of thiazole rings is 1. The number of nitrogens with zero attached hydrogens (tertiary/aromatic N) is 4. The van der Waals surface area contributed by atoms with E-state index in [1.54, 1.807) is 0 Å². The van der Waals surface area contributed by atoms with Crippen molar-refractivity contribution in [3.05, 3.63) is 40.5 Å². The minimum atomic E-state index is -0.0959. The Balaban J connectivity index is 1.29. The molecule has 170 valence electrons. The number of amides is 1. The molecule has 1 fully saturated rings. The lowest BCUT2D eigenvalue weighted by atomic mass is 9.86. The van der Waals surface area contributed by atoms with Crippen LogP contribution in [0.5, 0.6) is 0 Å². The van der Waals surface area contributed by atoms with E-state index in [-0.39, 0.29) is 11.7 Å². The molecule has 0 bridgehead atoms. The van der Waals surface area contributed by atoms with E-state index in [2.05, 4.69) is 32.0 Å². The molecule has 0 saturated heterocycles. The molecule has 0 aliphatic heterocycles. The van der Waals surface area contributed by atoms with Gasteiger partial charge >= 0.3 is 0 Å². The number of carbonyl (C=O) groups is 1. The second kappa shape index (κ2) is 11.3. The summed E-state index contributed by atoms with van der Waals surface area (Å²) < 4.78 is 2.14. The molecule has 32 heavy (non-hydrogen) atoms. The fraction of sp³-hybridized carbons (Fsp3) is 0.478. The summed E-state index contributed by atoms with van der Waals surface area (Å²) in [6.07, 6.45) is 8.95. The van der Waals surface area contributed by atoms with Crippen LogP contribution in [0, 0.1) is 5.92 Å². The van der Waals surface area contributed by atoms with Gasteiger partial charge in [0.25, 0.3) is 0 Å². The first-order valence-corrected chi connectivity index (χ1v) is 13.4. The predicted molar refractivity (Wildman–Crippen MR) is 133 cm³/mol. The highest BCUT2D eigenvalue weighted by atomic mass is 35.5. The van der Waals surface area contributed by atoms with Crippen molar-refractivity contribution in [1.29, 1.82) is 0 Å². The van der Waals surface area contributed by atoms with E-state index in [1.165, 1.54) is 61.6 Å². The van der Waals surface area contributed by atoms with Crippen LogP contribution in [-0.2, 0) is 17.8 Å². The first-order valence-electron chi connectivity index (χ1n) is 11.2. The number of hydrogen-bond acceptors (Lipinski definition) is 6. The van der Waals surface area contributed by atoms with Crippen LogP contribution >= 0.6 is 34.7 Å². The van der Waals surface area contributed by atoms with Gasteiger partial charge in [-0.15, -0.1) is 21.5 Å². The maximum absolute atomic E-state index is 12.5. The summed E-state index contributed by atoms with van der Waals surface area (Å²) in [4.78, 5) is 17.0. The fourth-order valence-electron chi connectivity index (χ4n) is 4.11. The van der Waals surface area contributed by atoms with E-state index in [0.717, 1.165) is 41.1 Å². The Morgan fingerprint density at radius 1 is 1.22 bits per heavy atom. The highest BCUT2D eigenvalue weighted by Crippen LogP contribution is 2.28. The standard InChI is InChI=1S/C23H28ClN5OS2/c1-2-29-20(13-8-16-6-4-3-5-7-16)27-28-23(29)32-15-21(30)26-22-25-19(14-31-22)17-9-11-18(24)12-10-17/h9-12,14,16H,2-8,13,15H2,1H3,(H,25,26,30). The number of aryl methyl sites for hydroxylation is 1. The Morgan fingerprint density at radius 2 is 2.00 bits per heavy atom.